The Morgan fingerprint density at radius 1 is 1.80 bits per heavy atom. The average molecular weight is 141 g/mol. The molecule has 0 amide bonds. The van der Waals surface area contributed by atoms with E-state index in [-0.39, 0.29) is 11.9 Å². The fraction of sp³-hybridized carbons (Fsp3) is 0.714. The van der Waals surface area contributed by atoms with Gasteiger partial charge in [-0.2, -0.15) is 0 Å². The quantitative estimate of drug-likeness (QED) is 0.502. The van der Waals surface area contributed by atoms with Crippen LogP contribution in [0.25, 0.3) is 0 Å². The van der Waals surface area contributed by atoms with Gasteiger partial charge in [0.1, 0.15) is 5.71 Å². The Labute approximate surface area is 60.1 Å². The smallest absolute Gasteiger partial charge is 0.352 e. The second kappa shape index (κ2) is 2.82. The van der Waals surface area contributed by atoms with E-state index in [4.69, 9.17) is 0 Å². The molecule has 0 aromatic heterocycles. The molecule has 1 atom stereocenters. The molecule has 10 heavy (non-hydrogen) atoms. The molecule has 0 aliphatic carbocycles. The maximum absolute atomic E-state index is 10.9. The number of ether oxygens (including phenoxy) is 1. The molecule has 1 rings (SSSR count). The van der Waals surface area contributed by atoms with Crippen LogP contribution in [0.15, 0.2) is 4.99 Å². The second-order valence-corrected chi connectivity index (χ2v) is 2.45. The first-order valence-electron chi connectivity index (χ1n) is 3.38. The number of methoxy groups -OCH3 is 1. The van der Waals surface area contributed by atoms with Crippen molar-refractivity contribution in [1.82, 2.24) is 0 Å². The van der Waals surface area contributed by atoms with E-state index in [1.54, 1.807) is 0 Å². The van der Waals surface area contributed by atoms with Crippen molar-refractivity contribution in [2.24, 2.45) is 10.9 Å². The van der Waals surface area contributed by atoms with Gasteiger partial charge in [0.2, 0.25) is 0 Å². The predicted molar refractivity (Wildman–Crippen MR) is 38.1 cm³/mol. The third kappa shape index (κ3) is 1.17. The van der Waals surface area contributed by atoms with Gasteiger partial charge < -0.3 is 4.74 Å². The van der Waals surface area contributed by atoms with Crippen LogP contribution < -0.4 is 0 Å². The van der Waals surface area contributed by atoms with Crippen LogP contribution in [0.5, 0.6) is 0 Å². The molecule has 3 heteroatoms. The maximum atomic E-state index is 10.9. The molecule has 0 aromatic rings. The summed E-state index contributed by atoms with van der Waals surface area (Å²) in [5.41, 5.74) is 0.600. The van der Waals surface area contributed by atoms with Crippen molar-refractivity contribution in [3.63, 3.8) is 0 Å². The minimum Gasteiger partial charge on any atom is -0.465 e. The average Bonchev–Trinajstić information content (AvgIpc) is 2.34. The zero-order chi connectivity index (χ0) is 7.56. The van der Waals surface area contributed by atoms with Gasteiger partial charge in [0, 0.05) is 12.5 Å². The van der Waals surface area contributed by atoms with Gasteiger partial charge in [0.15, 0.2) is 0 Å². The summed E-state index contributed by atoms with van der Waals surface area (Å²) in [5.74, 6) is 0.0115. The third-order valence-corrected chi connectivity index (χ3v) is 1.71. The highest BCUT2D eigenvalue weighted by molar-refractivity contribution is 6.37. The van der Waals surface area contributed by atoms with Crippen molar-refractivity contribution in [2.75, 3.05) is 13.7 Å². The van der Waals surface area contributed by atoms with Gasteiger partial charge in [-0.05, 0) is 6.42 Å². The Balaban J connectivity index is 2.63. The van der Waals surface area contributed by atoms with E-state index < -0.39 is 0 Å². The number of aliphatic imine (C=N–C) groups is 1. The lowest BCUT2D eigenvalue weighted by molar-refractivity contribution is -0.132. The van der Waals surface area contributed by atoms with Gasteiger partial charge in [-0.25, -0.2) is 4.79 Å². The summed E-state index contributed by atoms with van der Waals surface area (Å²) in [6.07, 6.45) is 0.977. The Morgan fingerprint density at radius 2 is 2.50 bits per heavy atom. The standard InChI is InChI=1S/C7H11NO2/c1-5-3-4-8-6(5)7(9)10-2/h5H,3-4H2,1-2H3. The van der Waals surface area contributed by atoms with Crippen LogP contribution in [0.3, 0.4) is 0 Å². The summed E-state index contributed by atoms with van der Waals surface area (Å²) in [5, 5.41) is 0. The van der Waals surface area contributed by atoms with Crippen LogP contribution in [0.2, 0.25) is 0 Å². The van der Waals surface area contributed by atoms with Crippen LogP contribution in [0, 0.1) is 5.92 Å². The highest BCUT2D eigenvalue weighted by Crippen LogP contribution is 2.13. The Bertz CT molecular complexity index is 174. The normalized spacial score (nSPS) is 24.2. The number of nitrogens with zero attached hydrogens (tertiary/aromatic N) is 1. The number of hydrogen-bond acceptors (Lipinski definition) is 3. The van der Waals surface area contributed by atoms with E-state index >= 15 is 0 Å². The van der Waals surface area contributed by atoms with Gasteiger partial charge in [-0.3, -0.25) is 4.99 Å². The van der Waals surface area contributed by atoms with E-state index in [1.807, 2.05) is 6.92 Å². The van der Waals surface area contributed by atoms with Crippen LogP contribution in [-0.2, 0) is 9.53 Å². The van der Waals surface area contributed by atoms with E-state index in [9.17, 15) is 4.79 Å². The minimum absolute atomic E-state index is 0.273. The van der Waals surface area contributed by atoms with Crippen molar-refractivity contribution in [1.29, 1.82) is 0 Å². The first kappa shape index (κ1) is 7.25. The number of hydrogen-bond donors (Lipinski definition) is 0. The lowest BCUT2D eigenvalue weighted by atomic mass is 10.1. The van der Waals surface area contributed by atoms with Crippen LogP contribution in [0.4, 0.5) is 0 Å². The van der Waals surface area contributed by atoms with Gasteiger partial charge in [-0.1, -0.05) is 6.92 Å². The van der Waals surface area contributed by atoms with Crippen molar-refractivity contribution in [2.45, 2.75) is 13.3 Å². The predicted octanol–water partition coefficient (Wildman–Crippen LogP) is 0.640. The Hall–Kier alpha value is -0.860. The molecule has 0 bridgehead atoms. The number of rotatable bonds is 1. The topological polar surface area (TPSA) is 38.7 Å². The zero-order valence-corrected chi connectivity index (χ0v) is 6.26. The first-order chi connectivity index (χ1) is 4.75. The SMILES string of the molecule is COC(=O)C1=NCCC1C. The number of carbonyl (C=O) groups excluding carboxylic acids is 1. The van der Waals surface area contributed by atoms with E-state index in [1.165, 1.54) is 7.11 Å². The molecule has 1 aliphatic heterocycles. The van der Waals surface area contributed by atoms with Crippen molar-refractivity contribution >= 4 is 11.7 Å². The van der Waals surface area contributed by atoms with Gasteiger partial charge in [-0.15, -0.1) is 0 Å². The van der Waals surface area contributed by atoms with E-state index in [2.05, 4.69) is 9.73 Å². The first-order valence-corrected chi connectivity index (χ1v) is 3.38. The van der Waals surface area contributed by atoms with E-state index in [0.717, 1.165) is 13.0 Å². The molecule has 0 fully saturated rings. The minimum atomic E-state index is -0.273. The van der Waals surface area contributed by atoms with Crippen molar-refractivity contribution in [3.05, 3.63) is 0 Å². The molecular weight excluding hydrogens is 130 g/mol. The highest BCUT2D eigenvalue weighted by Gasteiger charge is 2.23. The molecule has 3 nitrogen and oxygen atoms in total. The maximum Gasteiger partial charge on any atom is 0.352 e. The fourth-order valence-corrected chi connectivity index (χ4v) is 1.04. The molecule has 0 saturated heterocycles. The van der Waals surface area contributed by atoms with Crippen LogP contribution in [0.1, 0.15) is 13.3 Å². The molecule has 0 saturated carbocycles. The summed E-state index contributed by atoms with van der Waals surface area (Å²) in [6, 6.07) is 0. The summed E-state index contributed by atoms with van der Waals surface area (Å²) in [7, 11) is 1.38. The Morgan fingerprint density at radius 3 is 2.90 bits per heavy atom. The monoisotopic (exact) mass is 141 g/mol. The summed E-state index contributed by atoms with van der Waals surface area (Å²) >= 11 is 0. The lowest BCUT2D eigenvalue weighted by Gasteiger charge is -2.02. The zero-order valence-electron chi connectivity index (χ0n) is 6.26. The largest absolute Gasteiger partial charge is 0.465 e. The van der Waals surface area contributed by atoms with Gasteiger partial charge >= 0.3 is 5.97 Å². The van der Waals surface area contributed by atoms with E-state index in [0.29, 0.717) is 5.71 Å². The lowest BCUT2D eigenvalue weighted by Crippen LogP contribution is -2.19. The van der Waals surface area contributed by atoms with Crippen molar-refractivity contribution in [3.8, 4) is 0 Å². The van der Waals surface area contributed by atoms with Gasteiger partial charge in [0.05, 0.1) is 7.11 Å². The molecule has 1 heterocycles. The second-order valence-electron chi connectivity index (χ2n) is 2.45. The van der Waals surface area contributed by atoms with Crippen LogP contribution >= 0.6 is 0 Å². The molecule has 0 aromatic carbocycles. The van der Waals surface area contributed by atoms with Crippen molar-refractivity contribution < 1.29 is 9.53 Å². The summed E-state index contributed by atoms with van der Waals surface area (Å²) < 4.78 is 4.53. The molecular formula is C7H11NO2. The molecule has 0 N–H and O–H groups in total. The molecule has 1 unspecified atom stereocenters. The fourth-order valence-electron chi connectivity index (χ4n) is 1.04. The number of carbonyl (C=O) groups is 1. The molecule has 1 aliphatic rings. The third-order valence-electron chi connectivity index (χ3n) is 1.71. The molecule has 0 spiro atoms. The van der Waals surface area contributed by atoms with Gasteiger partial charge in [0.25, 0.3) is 0 Å². The summed E-state index contributed by atoms with van der Waals surface area (Å²) in [6.45, 7) is 2.76. The highest BCUT2D eigenvalue weighted by atomic mass is 16.5. The van der Waals surface area contributed by atoms with Crippen LogP contribution in [-0.4, -0.2) is 25.3 Å². The number of esters is 1. The summed E-state index contributed by atoms with van der Waals surface area (Å²) in [4.78, 5) is 14.9. The molecule has 0 radical (unpaired) electrons. The molecule has 56 valence electrons. The Kier molecular flexibility index (Phi) is 2.04.